The molecule has 2 amide bonds. The lowest BCUT2D eigenvalue weighted by molar-refractivity contribution is -0.131. The van der Waals surface area contributed by atoms with E-state index in [0.29, 0.717) is 12.5 Å². The summed E-state index contributed by atoms with van der Waals surface area (Å²) in [6, 6.07) is 1.77. The zero-order valence-electron chi connectivity index (χ0n) is 11.8. The number of hydrazine groups is 1. The Morgan fingerprint density at radius 1 is 1.05 bits per heavy atom. The van der Waals surface area contributed by atoms with Crippen molar-refractivity contribution in [3.8, 4) is 0 Å². The monoisotopic (exact) mass is 289 g/mol. The minimum Gasteiger partial charge on any atom is -0.340 e. The number of anilines is 1. The standard InChI is InChI=1S/C14H19N5O2/c20-12(10-4-5-10)17-18-13(21)11-3-1-8-19(9-11)14-15-6-2-7-16-14/h2,6-7,10-11H,1,3-5,8-9H2,(H,17,20)(H,18,21). The van der Waals surface area contributed by atoms with E-state index in [0.717, 1.165) is 32.2 Å². The molecule has 1 aliphatic carbocycles. The third kappa shape index (κ3) is 3.48. The molecule has 2 fully saturated rings. The largest absolute Gasteiger partial charge is 0.340 e. The Bertz CT molecular complexity index is 517. The molecule has 2 N–H and O–H groups in total. The van der Waals surface area contributed by atoms with E-state index in [1.807, 2.05) is 4.90 Å². The van der Waals surface area contributed by atoms with Gasteiger partial charge in [0.1, 0.15) is 0 Å². The number of hydrogen-bond acceptors (Lipinski definition) is 5. The zero-order valence-corrected chi connectivity index (χ0v) is 11.8. The van der Waals surface area contributed by atoms with Gasteiger partial charge in [-0.1, -0.05) is 0 Å². The van der Waals surface area contributed by atoms with Crippen LogP contribution in [0.25, 0.3) is 0 Å². The highest BCUT2D eigenvalue weighted by Crippen LogP contribution is 2.28. The van der Waals surface area contributed by atoms with Crippen molar-refractivity contribution >= 4 is 17.8 Å². The highest BCUT2D eigenvalue weighted by atomic mass is 16.2. The molecular formula is C14H19N5O2. The van der Waals surface area contributed by atoms with Crippen LogP contribution >= 0.6 is 0 Å². The summed E-state index contributed by atoms with van der Waals surface area (Å²) < 4.78 is 0. The predicted molar refractivity (Wildman–Crippen MR) is 76.0 cm³/mol. The van der Waals surface area contributed by atoms with Gasteiger partial charge in [0, 0.05) is 31.4 Å². The van der Waals surface area contributed by atoms with Crippen molar-refractivity contribution in [3.05, 3.63) is 18.5 Å². The Kier molecular flexibility index (Phi) is 3.98. The average Bonchev–Trinajstić information content (AvgIpc) is 3.38. The van der Waals surface area contributed by atoms with E-state index in [1.165, 1.54) is 0 Å². The molecule has 1 aliphatic heterocycles. The maximum absolute atomic E-state index is 12.1. The smallest absolute Gasteiger partial charge is 0.243 e. The van der Waals surface area contributed by atoms with Crippen LogP contribution in [0.3, 0.4) is 0 Å². The third-order valence-corrected chi connectivity index (χ3v) is 3.88. The van der Waals surface area contributed by atoms with Gasteiger partial charge in [-0.3, -0.25) is 20.4 Å². The third-order valence-electron chi connectivity index (χ3n) is 3.88. The molecule has 7 heteroatoms. The second-order valence-corrected chi connectivity index (χ2v) is 5.59. The molecule has 112 valence electrons. The fourth-order valence-electron chi connectivity index (χ4n) is 2.50. The summed E-state index contributed by atoms with van der Waals surface area (Å²) in [6.45, 7) is 1.43. The molecule has 0 spiro atoms. The van der Waals surface area contributed by atoms with Crippen molar-refractivity contribution in [3.63, 3.8) is 0 Å². The van der Waals surface area contributed by atoms with Crippen LogP contribution < -0.4 is 15.8 Å². The summed E-state index contributed by atoms with van der Waals surface area (Å²) in [6.07, 6.45) is 6.96. The number of carbonyl (C=O) groups excluding carboxylic acids is 2. The maximum Gasteiger partial charge on any atom is 0.243 e. The molecule has 0 bridgehead atoms. The van der Waals surface area contributed by atoms with E-state index >= 15 is 0 Å². The second-order valence-electron chi connectivity index (χ2n) is 5.59. The minimum absolute atomic E-state index is 0.0811. The lowest BCUT2D eigenvalue weighted by Gasteiger charge is -2.31. The second kappa shape index (κ2) is 6.07. The molecular weight excluding hydrogens is 270 g/mol. The lowest BCUT2D eigenvalue weighted by atomic mass is 9.98. The fraction of sp³-hybridized carbons (Fsp3) is 0.571. The van der Waals surface area contributed by atoms with Gasteiger partial charge in [0.2, 0.25) is 17.8 Å². The van der Waals surface area contributed by atoms with Crippen LogP contribution in [-0.2, 0) is 9.59 Å². The molecule has 1 aromatic rings. The topological polar surface area (TPSA) is 87.2 Å². The summed E-state index contributed by atoms with van der Waals surface area (Å²) in [4.78, 5) is 34.1. The average molecular weight is 289 g/mol. The summed E-state index contributed by atoms with van der Waals surface area (Å²) in [5.74, 6) is 0.372. The quantitative estimate of drug-likeness (QED) is 0.779. The van der Waals surface area contributed by atoms with Crippen LogP contribution in [0.15, 0.2) is 18.5 Å². The van der Waals surface area contributed by atoms with E-state index < -0.39 is 0 Å². The van der Waals surface area contributed by atoms with Crippen molar-refractivity contribution in [1.82, 2.24) is 20.8 Å². The van der Waals surface area contributed by atoms with Gasteiger partial charge in [-0.25, -0.2) is 9.97 Å². The first-order valence-electron chi connectivity index (χ1n) is 7.35. The number of carbonyl (C=O) groups is 2. The SMILES string of the molecule is O=C(NNC(=O)C1CCCN(c2ncccn2)C1)C1CC1. The van der Waals surface area contributed by atoms with Gasteiger partial charge in [0.25, 0.3) is 0 Å². The Hall–Kier alpha value is -2.18. The van der Waals surface area contributed by atoms with Gasteiger partial charge in [0.05, 0.1) is 5.92 Å². The van der Waals surface area contributed by atoms with Crippen LogP contribution in [0.2, 0.25) is 0 Å². The highest BCUT2D eigenvalue weighted by molar-refractivity contribution is 5.85. The van der Waals surface area contributed by atoms with Crippen LogP contribution in [-0.4, -0.2) is 34.9 Å². The zero-order chi connectivity index (χ0) is 14.7. The number of piperidine rings is 1. The maximum atomic E-state index is 12.1. The molecule has 0 aromatic carbocycles. The Morgan fingerprint density at radius 3 is 2.38 bits per heavy atom. The fourth-order valence-corrected chi connectivity index (χ4v) is 2.50. The summed E-state index contributed by atoms with van der Waals surface area (Å²) in [5, 5.41) is 0. The predicted octanol–water partition coefficient (Wildman–Crippen LogP) is 0.250. The van der Waals surface area contributed by atoms with E-state index in [4.69, 9.17) is 0 Å². The number of nitrogens with one attached hydrogen (secondary N) is 2. The first kappa shape index (κ1) is 13.8. The number of aromatic nitrogens is 2. The molecule has 2 heterocycles. The Labute approximate surface area is 123 Å². The molecule has 7 nitrogen and oxygen atoms in total. The van der Waals surface area contributed by atoms with Gasteiger partial charge in [-0.05, 0) is 31.7 Å². The molecule has 0 radical (unpaired) electrons. The van der Waals surface area contributed by atoms with Crippen LogP contribution in [0.1, 0.15) is 25.7 Å². The molecule has 1 atom stereocenters. The van der Waals surface area contributed by atoms with E-state index in [9.17, 15) is 9.59 Å². The van der Waals surface area contributed by atoms with Crippen LogP contribution in [0.4, 0.5) is 5.95 Å². The Morgan fingerprint density at radius 2 is 1.71 bits per heavy atom. The van der Waals surface area contributed by atoms with Gasteiger partial charge >= 0.3 is 0 Å². The van der Waals surface area contributed by atoms with E-state index in [2.05, 4.69) is 20.8 Å². The number of amides is 2. The van der Waals surface area contributed by atoms with Gasteiger partial charge in [-0.15, -0.1) is 0 Å². The lowest BCUT2D eigenvalue weighted by Crippen LogP contribution is -2.49. The molecule has 1 saturated heterocycles. The molecule has 1 unspecified atom stereocenters. The number of hydrogen-bond donors (Lipinski definition) is 2. The normalized spacial score (nSPS) is 21.7. The van der Waals surface area contributed by atoms with Crippen molar-refractivity contribution < 1.29 is 9.59 Å². The molecule has 1 saturated carbocycles. The number of nitrogens with zero attached hydrogens (tertiary/aromatic N) is 3. The van der Waals surface area contributed by atoms with Crippen molar-refractivity contribution in [2.45, 2.75) is 25.7 Å². The number of rotatable bonds is 3. The molecule has 21 heavy (non-hydrogen) atoms. The van der Waals surface area contributed by atoms with E-state index in [1.54, 1.807) is 18.5 Å². The first-order chi connectivity index (χ1) is 10.2. The summed E-state index contributed by atoms with van der Waals surface area (Å²) in [7, 11) is 0. The first-order valence-corrected chi connectivity index (χ1v) is 7.35. The summed E-state index contributed by atoms with van der Waals surface area (Å²) >= 11 is 0. The van der Waals surface area contributed by atoms with Gasteiger partial charge in [0.15, 0.2) is 0 Å². The minimum atomic E-state index is -0.151. The molecule has 3 rings (SSSR count). The summed E-state index contributed by atoms with van der Waals surface area (Å²) in [5.41, 5.74) is 5.05. The Balaban J connectivity index is 1.52. The van der Waals surface area contributed by atoms with E-state index in [-0.39, 0.29) is 23.7 Å². The molecule has 1 aromatic heterocycles. The van der Waals surface area contributed by atoms with Gasteiger partial charge in [-0.2, -0.15) is 0 Å². The van der Waals surface area contributed by atoms with Crippen molar-refractivity contribution in [2.75, 3.05) is 18.0 Å². The highest BCUT2D eigenvalue weighted by Gasteiger charge is 2.31. The van der Waals surface area contributed by atoms with Gasteiger partial charge < -0.3 is 4.90 Å². The van der Waals surface area contributed by atoms with Crippen LogP contribution in [0, 0.1) is 11.8 Å². The van der Waals surface area contributed by atoms with Crippen molar-refractivity contribution in [2.24, 2.45) is 11.8 Å². The van der Waals surface area contributed by atoms with Crippen molar-refractivity contribution in [1.29, 1.82) is 0 Å². The van der Waals surface area contributed by atoms with Crippen LogP contribution in [0.5, 0.6) is 0 Å². The molecule has 2 aliphatic rings.